The van der Waals surface area contributed by atoms with Crippen molar-refractivity contribution in [1.29, 1.82) is 0 Å². The number of amidine groups is 1. The number of rotatable bonds is 8. The fraction of sp³-hybridized carbons (Fsp3) is 0.938. The molecule has 1 rings (SSSR count). The minimum Gasteiger partial charge on any atom is -0.409 e. The Morgan fingerprint density at radius 3 is 2.48 bits per heavy atom. The topological polar surface area (TPSA) is 65.1 Å². The SMILES string of the molecule is CCN1CCC(N(C)CCCCC(C)(C)C(N)=NO)CC1. The number of likely N-dealkylation sites (tertiary alicyclic amines) is 1. The van der Waals surface area contributed by atoms with Crippen molar-refractivity contribution in [2.45, 2.75) is 58.9 Å². The van der Waals surface area contributed by atoms with E-state index in [1.807, 2.05) is 13.8 Å². The van der Waals surface area contributed by atoms with E-state index >= 15 is 0 Å². The highest BCUT2D eigenvalue weighted by molar-refractivity contribution is 5.85. The molecule has 0 saturated carbocycles. The molecule has 3 N–H and O–H groups in total. The molecule has 1 fully saturated rings. The number of unbranched alkanes of at least 4 members (excludes halogenated alkanes) is 1. The van der Waals surface area contributed by atoms with Crippen LogP contribution in [0.25, 0.3) is 0 Å². The van der Waals surface area contributed by atoms with Gasteiger partial charge in [-0.25, -0.2) is 0 Å². The van der Waals surface area contributed by atoms with E-state index in [0.29, 0.717) is 5.84 Å². The van der Waals surface area contributed by atoms with Crippen molar-refractivity contribution in [2.75, 3.05) is 33.2 Å². The second-order valence-electron chi connectivity index (χ2n) is 6.97. The maximum atomic E-state index is 8.78. The van der Waals surface area contributed by atoms with Crippen LogP contribution in [-0.4, -0.2) is 60.1 Å². The molecule has 0 aliphatic carbocycles. The van der Waals surface area contributed by atoms with Gasteiger partial charge >= 0.3 is 0 Å². The smallest absolute Gasteiger partial charge is 0.144 e. The fourth-order valence-electron chi connectivity index (χ4n) is 3.05. The lowest BCUT2D eigenvalue weighted by molar-refractivity contribution is 0.129. The van der Waals surface area contributed by atoms with Gasteiger partial charge in [-0.15, -0.1) is 0 Å². The van der Waals surface area contributed by atoms with Crippen molar-refractivity contribution in [2.24, 2.45) is 16.3 Å². The largest absolute Gasteiger partial charge is 0.409 e. The average Bonchev–Trinajstić information content (AvgIpc) is 2.50. The van der Waals surface area contributed by atoms with Gasteiger partial charge in [-0.3, -0.25) is 0 Å². The van der Waals surface area contributed by atoms with E-state index < -0.39 is 0 Å². The Labute approximate surface area is 130 Å². The van der Waals surface area contributed by atoms with Crippen LogP contribution in [0, 0.1) is 5.41 Å². The summed E-state index contributed by atoms with van der Waals surface area (Å²) in [6, 6.07) is 0.741. The highest BCUT2D eigenvalue weighted by Gasteiger charge is 2.24. The van der Waals surface area contributed by atoms with Gasteiger partial charge in [0.2, 0.25) is 0 Å². The lowest BCUT2D eigenvalue weighted by atomic mass is 9.86. The normalized spacial score (nSPS) is 19.4. The molecule has 0 amide bonds. The summed E-state index contributed by atoms with van der Waals surface area (Å²) in [6.45, 7) is 11.1. The molecule has 0 radical (unpaired) electrons. The zero-order chi connectivity index (χ0) is 15.9. The third-order valence-corrected chi connectivity index (χ3v) is 4.99. The van der Waals surface area contributed by atoms with Crippen LogP contribution in [0.2, 0.25) is 0 Å². The van der Waals surface area contributed by atoms with Crippen LogP contribution in [0.3, 0.4) is 0 Å². The minimum absolute atomic E-state index is 0.209. The number of oxime groups is 1. The van der Waals surface area contributed by atoms with Gasteiger partial charge in [0.25, 0.3) is 0 Å². The van der Waals surface area contributed by atoms with Gasteiger partial charge in [-0.1, -0.05) is 32.3 Å². The molecule has 21 heavy (non-hydrogen) atoms. The maximum Gasteiger partial charge on any atom is 0.144 e. The zero-order valence-electron chi connectivity index (χ0n) is 14.3. The number of piperidine rings is 1. The van der Waals surface area contributed by atoms with Crippen molar-refractivity contribution in [3.8, 4) is 0 Å². The number of hydrogen-bond donors (Lipinski definition) is 2. The molecule has 1 heterocycles. The molecule has 0 spiro atoms. The molecule has 1 saturated heterocycles. The van der Waals surface area contributed by atoms with Crippen LogP contribution < -0.4 is 5.73 Å². The summed E-state index contributed by atoms with van der Waals surface area (Å²) in [5, 5.41) is 11.9. The van der Waals surface area contributed by atoms with Crippen molar-refractivity contribution >= 4 is 5.84 Å². The van der Waals surface area contributed by atoms with Crippen LogP contribution in [-0.2, 0) is 0 Å². The molecule has 0 aromatic rings. The summed E-state index contributed by atoms with van der Waals surface area (Å²) in [6.07, 6.45) is 5.83. The molecule has 1 aliphatic rings. The van der Waals surface area contributed by atoms with E-state index in [1.54, 1.807) is 0 Å². The van der Waals surface area contributed by atoms with Crippen molar-refractivity contribution in [3.63, 3.8) is 0 Å². The number of nitrogens with zero attached hydrogens (tertiary/aromatic N) is 3. The summed E-state index contributed by atoms with van der Waals surface area (Å²) < 4.78 is 0. The van der Waals surface area contributed by atoms with E-state index in [2.05, 4.69) is 28.9 Å². The van der Waals surface area contributed by atoms with Gasteiger partial charge < -0.3 is 20.7 Å². The minimum atomic E-state index is -0.209. The summed E-state index contributed by atoms with van der Waals surface area (Å²) >= 11 is 0. The predicted molar refractivity (Wildman–Crippen MR) is 88.8 cm³/mol. The maximum absolute atomic E-state index is 8.78. The van der Waals surface area contributed by atoms with Crippen LogP contribution in [0.4, 0.5) is 0 Å². The Morgan fingerprint density at radius 2 is 1.95 bits per heavy atom. The van der Waals surface area contributed by atoms with Crippen LogP contribution in [0.1, 0.15) is 52.9 Å². The number of nitrogens with two attached hydrogens (primary N) is 1. The van der Waals surface area contributed by atoms with E-state index in [-0.39, 0.29) is 5.41 Å². The quantitative estimate of drug-likeness (QED) is 0.237. The Morgan fingerprint density at radius 1 is 1.33 bits per heavy atom. The highest BCUT2D eigenvalue weighted by atomic mass is 16.4. The van der Waals surface area contributed by atoms with Crippen molar-refractivity contribution in [3.05, 3.63) is 0 Å². The lowest BCUT2D eigenvalue weighted by Gasteiger charge is -2.36. The summed E-state index contributed by atoms with van der Waals surface area (Å²) in [7, 11) is 2.25. The lowest BCUT2D eigenvalue weighted by Crippen LogP contribution is -2.43. The first-order valence-electron chi connectivity index (χ1n) is 8.31. The second kappa shape index (κ2) is 8.59. The average molecular weight is 298 g/mol. The van der Waals surface area contributed by atoms with Crippen LogP contribution in [0.5, 0.6) is 0 Å². The summed E-state index contributed by atoms with van der Waals surface area (Å²) in [5.74, 6) is 0.336. The van der Waals surface area contributed by atoms with Crippen molar-refractivity contribution in [1.82, 2.24) is 9.80 Å². The standard InChI is InChI=1S/C16H34N4O/c1-5-20-12-8-14(9-13-20)19(4)11-7-6-10-16(2,3)15(17)18-21/h14,21H,5-13H2,1-4H3,(H2,17,18). The van der Waals surface area contributed by atoms with Crippen molar-refractivity contribution < 1.29 is 5.21 Å². The molecule has 0 aromatic heterocycles. The Bertz CT molecular complexity index is 322. The first kappa shape index (κ1) is 18.2. The van der Waals surface area contributed by atoms with Gasteiger partial charge in [-0.2, -0.15) is 0 Å². The van der Waals surface area contributed by atoms with Gasteiger partial charge in [0, 0.05) is 11.5 Å². The third kappa shape index (κ3) is 5.83. The van der Waals surface area contributed by atoms with Gasteiger partial charge in [0.15, 0.2) is 0 Å². The zero-order valence-corrected chi connectivity index (χ0v) is 14.3. The van der Waals surface area contributed by atoms with E-state index in [0.717, 1.165) is 25.4 Å². The monoisotopic (exact) mass is 298 g/mol. The first-order valence-corrected chi connectivity index (χ1v) is 8.31. The number of hydrogen-bond acceptors (Lipinski definition) is 4. The molecule has 5 heteroatoms. The van der Waals surface area contributed by atoms with Gasteiger partial charge in [0.1, 0.15) is 5.84 Å². The molecule has 124 valence electrons. The molecule has 0 atom stereocenters. The van der Waals surface area contributed by atoms with Crippen LogP contribution >= 0.6 is 0 Å². The Hall–Kier alpha value is -0.810. The Balaban J connectivity index is 2.21. The molecule has 1 aliphatic heterocycles. The molecule has 0 unspecified atom stereocenters. The van der Waals surface area contributed by atoms with Gasteiger partial charge in [0.05, 0.1) is 0 Å². The summed E-state index contributed by atoms with van der Waals surface area (Å²) in [5.41, 5.74) is 5.51. The van der Waals surface area contributed by atoms with E-state index in [1.165, 1.54) is 38.9 Å². The van der Waals surface area contributed by atoms with E-state index in [9.17, 15) is 0 Å². The van der Waals surface area contributed by atoms with Gasteiger partial charge in [-0.05, 0) is 58.9 Å². The van der Waals surface area contributed by atoms with Crippen LogP contribution in [0.15, 0.2) is 5.16 Å². The Kier molecular flexibility index (Phi) is 7.46. The van der Waals surface area contributed by atoms with E-state index in [4.69, 9.17) is 10.9 Å². The molecular formula is C16H34N4O. The molecule has 5 nitrogen and oxygen atoms in total. The highest BCUT2D eigenvalue weighted by Crippen LogP contribution is 2.24. The summed E-state index contributed by atoms with van der Waals surface area (Å²) in [4.78, 5) is 5.05. The molecule has 0 aromatic carbocycles. The third-order valence-electron chi connectivity index (χ3n) is 4.99. The first-order chi connectivity index (χ1) is 9.90. The predicted octanol–water partition coefficient (Wildman–Crippen LogP) is 2.35. The molecular weight excluding hydrogens is 264 g/mol. The second-order valence-corrected chi connectivity index (χ2v) is 6.97. The fourth-order valence-corrected chi connectivity index (χ4v) is 3.05. The molecule has 0 bridgehead atoms.